The molecular weight excluding hydrogens is 401 g/mol. The van der Waals surface area contributed by atoms with Gasteiger partial charge in [0.05, 0.1) is 16.5 Å². The summed E-state index contributed by atoms with van der Waals surface area (Å²) in [6.45, 7) is 3.46. The maximum absolute atomic E-state index is 12.9. The van der Waals surface area contributed by atoms with Gasteiger partial charge in [-0.25, -0.2) is 4.98 Å². The molecule has 0 saturated heterocycles. The van der Waals surface area contributed by atoms with Crippen LogP contribution in [0.3, 0.4) is 0 Å². The van der Waals surface area contributed by atoms with E-state index < -0.39 is 11.7 Å². The lowest BCUT2D eigenvalue weighted by Crippen LogP contribution is -2.24. The maximum atomic E-state index is 12.9. The van der Waals surface area contributed by atoms with Gasteiger partial charge in [-0.05, 0) is 37.1 Å². The molecule has 0 aliphatic heterocycles. The van der Waals surface area contributed by atoms with Crippen molar-refractivity contribution in [3.63, 3.8) is 0 Å². The molecule has 8 heteroatoms. The number of aromatic nitrogens is 2. The minimum Gasteiger partial charge on any atom is -0.382 e. The van der Waals surface area contributed by atoms with E-state index in [-0.39, 0.29) is 11.3 Å². The van der Waals surface area contributed by atoms with E-state index in [0.29, 0.717) is 47.8 Å². The largest absolute Gasteiger partial charge is 0.416 e. The lowest BCUT2D eigenvalue weighted by molar-refractivity contribution is -0.137. The number of hydrogen-bond acceptors (Lipinski definition) is 4. The first kappa shape index (κ1) is 21.4. The summed E-state index contributed by atoms with van der Waals surface area (Å²) in [7, 11) is 0. The van der Waals surface area contributed by atoms with Gasteiger partial charge in [-0.1, -0.05) is 42.1 Å². The van der Waals surface area contributed by atoms with Crippen LogP contribution in [-0.4, -0.2) is 22.8 Å². The summed E-state index contributed by atoms with van der Waals surface area (Å²) in [6, 6.07) is 12.3. The number of benzene rings is 2. The molecular formula is C21H21F3N2O2S. The molecule has 29 heavy (non-hydrogen) atoms. The van der Waals surface area contributed by atoms with Crippen molar-refractivity contribution in [3.05, 3.63) is 70.0 Å². The third kappa shape index (κ3) is 5.39. The van der Waals surface area contributed by atoms with Crippen LogP contribution >= 0.6 is 11.8 Å². The van der Waals surface area contributed by atoms with Gasteiger partial charge in [-0.3, -0.25) is 9.36 Å². The van der Waals surface area contributed by atoms with Crippen LogP contribution in [0.15, 0.2) is 58.5 Å². The second-order valence-electron chi connectivity index (χ2n) is 6.41. The van der Waals surface area contributed by atoms with E-state index in [9.17, 15) is 18.0 Å². The third-order valence-corrected chi connectivity index (χ3v) is 5.37. The van der Waals surface area contributed by atoms with Crippen LogP contribution in [0.1, 0.15) is 24.5 Å². The minimum atomic E-state index is -4.39. The zero-order valence-electron chi connectivity index (χ0n) is 15.9. The second-order valence-corrected chi connectivity index (χ2v) is 7.35. The van der Waals surface area contributed by atoms with Crippen molar-refractivity contribution in [2.45, 2.75) is 37.0 Å². The van der Waals surface area contributed by atoms with Crippen LogP contribution in [0.4, 0.5) is 13.2 Å². The Morgan fingerprint density at radius 2 is 1.93 bits per heavy atom. The van der Waals surface area contributed by atoms with Gasteiger partial charge in [0, 0.05) is 25.5 Å². The fourth-order valence-electron chi connectivity index (χ4n) is 2.91. The highest BCUT2D eigenvalue weighted by molar-refractivity contribution is 7.98. The summed E-state index contributed by atoms with van der Waals surface area (Å²) < 4.78 is 45.8. The Hall–Kier alpha value is -2.32. The number of fused-ring (bicyclic) bond motifs is 1. The molecule has 0 aliphatic carbocycles. The highest BCUT2D eigenvalue weighted by atomic mass is 32.2. The molecule has 0 aliphatic rings. The standard InChI is InChI=1S/C21H21F3N2O2S/c1-2-28-12-6-11-26-19(27)17-9-3-4-10-18(17)25-20(26)29-14-15-7-5-8-16(13-15)21(22,23)24/h3-5,7-10,13H,2,6,11-12,14H2,1H3. The normalized spacial score (nSPS) is 11.9. The van der Waals surface area contributed by atoms with Gasteiger partial charge >= 0.3 is 6.18 Å². The van der Waals surface area contributed by atoms with Crippen LogP contribution in [-0.2, 0) is 23.2 Å². The number of alkyl halides is 3. The predicted molar refractivity (Wildman–Crippen MR) is 108 cm³/mol. The van der Waals surface area contributed by atoms with Crippen molar-refractivity contribution in [1.29, 1.82) is 0 Å². The third-order valence-electron chi connectivity index (χ3n) is 4.32. The Bertz CT molecular complexity index is 1030. The SMILES string of the molecule is CCOCCCn1c(SCc2cccc(C(F)(F)F)c2)nc2ccccc2c1=O. The van der Waals surface area contributed by atoms with Gasteiger partial charge in [-0.15, -0.1) is 0 Å². The highest BCUT2D eigenvalue weighted by Gasteiger charge is 2.30. The van der Waals surface area contributed by atoms with Crippen LogP contribution in [0, 0.1) is 0 Å². The maximum Gasteiger partial charge on any atom is 0.416 e. The molecule has 4 nitrogen and oxygen atoms in total. The van der Waals surface area contributed by atoms with Crippen molar-refractivity contribution in [2.75, 3.05) is 13.2 Å². The molecule has 0 amide bonds. The van der Waals surface area contributed by atoms with Crippen molar-refractivity contribution in [2.24, 2.45) is 0 Å². The number of nitrogens with zero attached hydrogens (tertiary/aromatic N) is 2. The monoisotopic (exact) mass is 422 g/mol. The van der Waals surface area contributed by atoms with E-state index in [1.165, 1.54) is 17.8 Å². The lowest BCUT2D eigenvalue weighted by atomic mass is 10.1. The molecule has 0 fully saturated rings. The first-order valence-electron chi connectivity index (χ1n) is 9.26. The molecule has 3 aromatic rings. The van der Waals surface area contributed by atoms with E-state index in [4.69, 9.17) is 4.74 Å². The molecule has 0 radical (unpaired) electrons. The van der Waals surface area contributed by atoms with Crippen LogP contribution in [0.2, 0.25) is 0 Å². The van der Waals surface area contributed by atoms with Crippen molar-refractivity contribution in [3.8, 4) is 0 Å². The molecule has 0 saturated carbocycles. The highest BCUT2D eigenvalue weighted by Crippen LogP contribution is 2.31. The van der Waals surface area contributed by atoms with E-state index in [2.05, 4.69) is 4.98 Å². The van der Waals surface area contributed by atoms with Crippen molar-refractivity contribution >= 4 is 22.7 Å². The quantitative estimate of drug-likeness (QED) is 0.287. The smallest absolute Gasteiger partial charge is 0.382 e. The number of hydrogen-bond donors (Lipinski definition) is 0. The van der Waals surface area contributed by atoms with Gasteiger partial charge < -0.3 is 4.74 Å². The zero-order chi connectivity index (χ0) is 20.9. The van der Waals surface area contributed by atoms with E-state index in [1.54, 1.807) is 34.9 Å². The van der Waals surface area contributed by atoms with Gasteiger partial charge in [0.25, 0.3) is 5.56 Å². The first-order chi connectivity index (χ1) is 13.9. The van der Waals surface area contributed by atoms with Crippen LogP contribution in [0.5, 0.6) is 0 Å². The minimum absolute atomic E-state index is 0.154. The fourth-order valence-corrected chi connectivity index (χ4v) is 3.88. The van der Waals surface area contributed by atoms with Gasteiger partial charge in [0.15, 0.2) is 5.16 Å². The topological polar surface area (TPSA) is 44.1 Å². The van der Waals surface area contributed by atoms with E-state index in [1.807, 2.05) is 6.92 Å². The molecule has 2 aromatic carbocycles. The molecule has 0 N–H and O–H groups in total. The summed E-state index contributed by atoms with van der Waals surface area (Å²) in [6.07, 6.45) is -3.74. The predicted octanol–water partition coefficient (Wildman–Crippen LogP) is 5.13. The average Bonchev–Trinajstić information content (AvgIpc) is 2.71. The Balaban J connectivity index is 1.88. The summed E-state index contributed by atoms with van der Waals surface area (Å²) >= 11 is 1.26. The van der Waals surface area contributed by atoms with E-state index in [0.717, 1.165) is 12.1 Å². The molecule has 0 spiro atoms. The molecule has 1 heterocycles. The number of para-hydroxylation sites is 1. The summed E-state index contributed by atoms with van der Waals surface area (Å²) in [5.74, 6) is 0.278. The zero-order valence-corrected chi connectivity index (χ0v) is 16.7. The Morgan fingerprint density at radius 1 is 1.14 bits per heavy atom. The molecule has 0 unspecified atom stereocenters. The van der Waals surface area contributed by atoms with Crippen molar-refractivity contribution < 1.29 is 17.9 Å². The summed E-state index contributed by atoms with van der Waals surface area (Å²) in [5.41, 5.74) is 0.257. The number of ether oxygens (including phenoxy) is 1. The molecule has 1 aromatic heterocycles. The molecule has 0 atom stereocenters. The Morgan fingerprint density at radius 3 is 2.69 bits per heavy atom. The number of thioether (sulfide) groups is 1. The lowest BCUT2D eigenvalue weighted by Gasteiger charge is -2.14. The van der Waals surface area contributed by atoms with Crippen LogP contribution < -0.4 is 5.56 Å². The van der Waals surface area contributed by atoms with E-state index >= 15 is 0 Å². The summed E-state index contributed by atoms with van der Waals surface area (Å²) in [4.78, 5) is 17.5. The Labute approximate surface area is 170 Å². The van der Waals surface area contributed by atoms with Crippen LogP contribution in [0.25, 0.3) is 10.9 Å². The van der Waals surface area contributed by atoms with Gasteiger partial charge in [0.2, 0.25) is 0 Å². The number of rotatable bonds is 8. The van der Waals surface area contributed by atoms with Gasteiger partial charge in [-0.2, -0.15) is 13.2 Å². The fraction of sp³-hybridized carbons (Fsp3) is 0.333. The molecule has 0 bridgehead atoms. The first-order valence-corrected chi connectivity index (χ1v) is 10.2. The molecule has 3 rings (SSSR count). The Kier molecular flexibility index (Phi) is 6.97. The van der Waals surface area contributed by atoms with Crippen molar-refractivity contribution in [1.82, 2.24) is 9.55 Å². The average molecular weight is 422 g/mol. The second kappa shape index (κ2) is 9.45. The van der Waals surface area contributed by atoms with Gasteiger partial charge in [0.1, 0.15) is 0 Å². The number of halogens is 3. The molecule has 154 valence electrons. The summed E-state index contributed by atoms with van der Waals surface area (Å²) in [5, 5.41) is 1.01.